The minimum Gasteiger partial charge on any atom is -0.393 e. The van der Waals surface area contributed by atoms with Gasteiger partial charge in [-0.05, 0) is 38.5 Å². The van der Waals surface area contributed by atoms with Crippen LogP contribution in [0.25, 0.3) is 0 Å². The van der Waals surface area contributed by atoms with Gasteiger partial charge in [0.25, 0.3) is 0 Å². The normalized spacial score (nSPS) is 38.1. The average molecular weight is 239 g/mol. The molecule has 1 aliphatic heterocycles. The number of piperidine rings is 1. The van der Waals surface area contributed by atoms with Crippen molar-refractivity contribution in [3.63, 3.8) is 0 Å². The molecule has 2 aliphatic rings. The number of hydrogen-bond donors (Lipinski definition) is 2. The molecule has 0 aromatic rings. The highest BCUT2D eigenvalue weighted by atomic mass is 16.3. The standard InChI is InChI=1S/C14H25NO2/c1-2-3-6-11-12(16)7-4-9-14(11)10-5-8-13(17)15-14/h11-12,16H,2-10H2,1H3,(H,15,17)/t11-,12+,14+/m1/s1. The lowest BCUT2D eigenvalue weighted by molar-refractivity contribution is -0.129. The molecule has 1 saturated heterocycles. The van der Waals surface area contributed by atoms with E-state index in [-0.39, 0.29) is 23.5 Å². The van der Waals surface area contributed by atoms with Crippen molar-refractivity contribution in [2.75, 3.05) is 0 Å². The van der Waals surface area contributed by atoms with Crippen LogP contribution in [0.4, 0.5) is 0 Å². The SMILES string of the molecule is CCCC[C@@H]1[C@@H](O)CCC[C@]12CCCC(=O)N2. The number of rotatable bonds is 3. The van der Waals surface area contributed by atoms with Gasteiger partial charge in [0.1, 0.15) is 0 Å². The summed E-state index contributed by atoms with van der Waals surface area (Å²) < 4.78 is 0. The third kappa shape index (κ3) is 2.65. The van der Waals surface area contributed by atoms with Crippen LogP contribution >= 0.6 is 0 Å². The van der Waals surface area contributed by atoms with Gasteiger partial charge in [0.05, 0.1) is 6.10 Å². The number of unbranched alkanes of at least 4 members (excludes halogenated alkanes) is 1. The zero-order valence-electron chi connectivity index (χ0n) is 10.9. The first kappa shape index (κ1) is 12.9. The molecule has 3 atom stereocenters. The van der Waals surface area contributed by atoms with Crippen LogP contribution in [-0.2, 0) is 4.79 Å². The van der Waals surface area contributed by atoms with E-state index in [4.69, 9.17) is 0 Å². The van der Waals surface area contributed by atoms with Gasteiger partial charge in [-0.2, -0.15) is 0 Å². The second-order valence-corrected chi connectivity index (χ2v) is 5.77. The fourth-order valence-electron chi connectivity index (χ4n) is 3.71. The molecule has 0 aromatic heterocycles. The van der Waals surface area contributed by atoms with Crippen molar-refractivity contribution in [3.8, 4) is 0 Å². The largest absolute Gasteiger partial charge is 0.393 e. The maximum atomic E-state index is 11.7. The van der Waals surface area contributed by atoms with E-state index >= 15 is 0 Å². The van der Waals surface area contributed by atoms with E-state index in [1.165, 1.54) is 0 Å². The maximum Gasteiger partial charge on any atom is 0.220 e. The quantitative estimate of drug-likeness (QED) is 0.794. The van der Waals surface area contributed by atoms with Gasteiger partial charge in [0, 0.05) is 17.9 Å². The van der Waals surface area contributed by atoms with Crippen molar-refractivity contribution in [1.82, 2.24) is 5.32 Å². The number of amides is 1. The highest BCUT2D eigenvalue weighted by Gasteiger charge is 2.46. The molecule has 1 amide bonds. The summed E-state index contributed by atoms with van der Waals surface area (Å²) in [5.41, 5.74) is -0.0812. The molecule has 1 aliphatic carbocycles. The molecule has 0 bridgehead atoms. The number of nitrogens with one attached hydrogen (secondary N) is 1. The van der Waals surface area contributed by atoms with Crippen LogP contribution in [-0.4, -0.2) is 22.7 Å². The maximum absolute atomic E-state index is 11.7. The van der Waals surface area contributed by atoms with Gasteiger partial charge in [-0.3, -0.25) is 4.79 Å². The first-order valence-electron chi connectivity index (χ1n) is 7.17. The van der Waals surface area contributed by atoms with Crippen LogP contribution in [0.5, 0.6) is 0 Å². The van der Waals surface area contributed by atoms with Crippen LogP contribution in [0, 0.1) is 5.92 Å². The van der Waals surface area contributed by atoms with Crippen molar-refractivity contribution >= 4 is 5.91 Å². The highest BCUT2D eigenvalue weighted by molar-refractivity contribution is 5.77. The van der Waals surface area contributed by atoms with Crippen LogP contribution < -0.4 is 5.32 Å². The smallest absolute Gasteiger partial charge is 0.220 e. The number of carbonyl (C=O) groups excluding carboxylic acids is 1. The molecule has 2 fully saturated rings. The first-order valence-corrected chi connectivity index (χ1v) is 7.17. The summed E-state index contributed by atoms with van der Waals surface area (Å²) in [6.07, 6.45) is 8.88. The van der Waals surface area contributed by atoms with Gasteiger partial charge in [-0.1, -0.05) is 19.8 Å². The molecule has 98 valence electrons. The molecule has 0 unspecified atom stereocenters. The minimum absolute atomic E-state index is 0.0812. The van der Waals surface area contributed by atoms with Gasteiger partial charge >= 0.3 is 0 Å². The molecule has 0 radical (unpaired) electrons. The number of aliphatic hydroxyl groups excluding tert-OH is 1. The molecule has 3 nitrogen and oxygen atoms in total. The molecule has 2 rings (SSSR count). The Labute approximate surface area is 104 Å². The Morgan fingerprint density at radius 2 is 2.18 bits per heavy atom. The zero-order valence-corrected chi connectivity index (χ0v) is 10.9. The number of carbonyl (C=O) groups is 1. The van der Waals surface area contributed by atoms with E-state index in [9.17, 15) is 9.90 Å². The monoisotopic (exact) mass is 239 g/mol. The number of aliphatic hydroxyl groups is 1. The molecule has 2 N–H and O–H groups in total. The van der Waals surface area contributed by atoms with Gasteiger partial charge in [0.15, 0.2) is 0 Å². The molecule has 3 heteroatoms. The summed E-state index contributed by atoms with van der Waals surface area (Å²) >= 11 is 0. The Balaban J connectivity index is 2.12. The van der Waals surface area contributed by atoms with Gasteiger partial charge in [0.2, 0.25) is 5.91 Å². The summed E-state index contributed by atoms with van der Waals surface area (Å²) in [5, 5.41) is 13.5. The first-order chi connectivity index (χ1) is 8.18. The van der Waals surface area contributed by atoms with Crippen LogP contribution in [0.1, 0.15) is 64.7 Å². The fourth-order valence-corrected chi connectivity index (χ4v) is 3.71. The van der Waals surface area contributed by atoms with Crippen molar-refractivity contribution in [2.24, 2.45) is 5.92 Å². The summed E-state index contributed by atoms with van der Waals surface area (Å²) in [7, 11) is 0. The summed E-state index contributed by atoms with van der Waals surface area (Å²) in [6, 6.07) is 0. The molecular weight excluding hydrogens is 214 g/mol. The number of hydrogen-bond acceptors (Lipinski definition) is 2. The Bertz CT molecular complexity index is 275. The van der Waals surface area contributed by atoms with Crippen molar-refractivity contribution in [1.29, 1.82) is 0 Å². The predicted molar refractivity (Wildman–Crippen MR) is 67.6 cm³/mol. The highest BCUT2D eigenvalue weighted by Crippen LogP contribution is 2.42. The lowest BCUT2D eigenvalue weighted by Gasteiger charge is -2.49. The van der Waals surface area contributed by atoms with Gasteiger partial charge in [-0.25, -0.2) is 0 Å². The Hall–Kier alpha value is -0.570. The predicted octanol–water partition coefficient (Wildman–Crippen LogP) is 2.38. The summed E-state index contributed by atoms with van der Waals surface area (Å²) in [5.74, 6) is 0.465. The van der Waals surface area contributed by atoms with Gasteiger partial charge in [-0.15, -0.1) is 0 Å². The third-order valence-corrected chi connectivity index (χ3v) is 4.58. The second-order valence-electron chi connectivity index (χ2n) is 5.77. The molecule has 1 saturated carbocycles. The van der Waals surface area contributed by atoms with E-state index in [2.05, 4.69) is 12.2 Å². The second kappa shape index (κ2) is 5.38. The lowest BCUT2D eigenvalue weighted by atomic mass is 9.65. The average Bonchev–Trinajstić information content (AvgIpc) is 2.28. The van der Waals surface area contributed by atoms with Crippen molar-refractivity contribution in [3.05, 3.63) is 0 Å². The van der Waals surface area contributed by atoms with E-state index in [1.807, 2.05) is 0 Å². The molecule has 17 heavy (non-hydrogen) atoms. The van der Waals surface area contributed by atoms with E-state index in [0.29, 0.717) is 6.42 Å². The topological polar surface area (TPSA) is 49.3 Å². The molecule has 1 spiro atoms. The Morgan fingerprint density at radius 1 is 1.41 bits per heavy atom. The summed E-state index contributed by atoms with van der Waals surface area (Å²) in [6.45, 7) is 2.18. The molecule has 0 aromatic carbocycles. The van der Waals surface area contributed by atoms with Crippen molar-refractivity contribution < 1.29 is 9.90 Å². The zero-order chi connectivity index (χ0) is 12.3. The van der Waals surface area contributed by atoms with E-state index in [0.717, 1.165) is 51.4 Å². The Kier molecular flexibility index (Phi) is 4.08. The third-order valence-electron chi connectivity index (χ3n) is 4.58. The Morgan fingerprint density at radius 3 is 2.88 bits per heavy atom. The fraction of sp³-hybridized carbons (Fsp3) is 0.929. The van der Waals surface area contributed by atoms with E-state index in [1.54, 1.807) is 0 Å². The van der Waals surface area contributed by atoms with Gasteiger partial charge < -0.3 is 10.4 Å². The van der Waals surface area contributed by atoms with E-state index < -0.39 is 0 Å². The van der Waals surface area contributed by atoms with Crippen LogP contribution in [0.2, 0.25) is 0 Å². The van der Waals surface area contributed by atoms with Crippen LogP contribution in [0.15, 0.2) is 0 Å². The summed E-state index contributed by atoms with van der Waals surface area (Å²) in [4.78, 5) is 11.7. The molecular formula is C14H25NO2. The lowest BCUT2D eigenvalue weighted by Crippen LogP contribution is -2.60. The minimum atomic E-state index is -0.214. The van der Waals surface area contributed by atoms with Crippen molar-refractivity contribution in [2.45, 2.75) is 76.4 Å². The molecule has 1 heterocycles. The van der Waals surface area contributed by atoms with Crippen LogP contribution in [0.3, 0.4) is 0 Å².